The zero-order valence-electron chi connectivity index (χ0n) is 9.08. The molecule has 0 atom stereocenters. The van der Waals surface area contributed by atoms with Gasteiger partial charge < -0.3 is 9.29 Å². The molecule has 0 bridgehead atoms. The Morgan fingerprint density at radius 2 is 2.06 bits per heavy atom. The lowest BCUT2D eigenvalue weighted by Crippen LogP contribution is -2.07. The number of carboxylic acid groups (broad SMARTS) is 1. The summed E-state index contributed by atoms with van der Waals surface area (Å²) in [4.78, 5) is 10.4. The molecule has 0 aliphatic carbocycles. The second kappa shape index (κ2) is 5.15. The van der Waals surface area contributed by atoms with Gasteiger partial charge in [-0.15, -0.1) is 0 Å². The Bertz CT molecular complexity index is 520. The lowest BCUT2D eigenvalue weighted by Gasteiger charge is -2.07. The lowest BCUT2D eigenvalue weighted by atomic mass is 10.0. The summed E-state index contributed by atoms with van der Waals surface area (Å²) in [7, 11) is -4.55. The SMILES string of the molecule is Cc1ccc(OS(=O)(=O)O)cc1CCC(=O)O. The van der Waals surface area contributed by atoms with Gasteiger partial charge in [0.05, 0.1) is 0 Å². The van der Waals surface area contributed by atoms with Crippen LogP contribution in [0.3, 0.4) is 0 Å². The molecule has 0 radical (unpaired) electrons. The predicted molar refractivity (Wildman–Crippen MR) is 59.3 cm³/mol. The van der Waals surface area contributed by atoms with Crippen LogP contribution in [0.1, 0.15) is 17.5 Å². The van der Waals surface area contributed by atoms with Gasteiger partial charge in [0, 0.05) is 6.42 Å². The van der Waals surface area contributed by atoms with E-state index in [1.165, 1.54) is 12.1 Å². The number of rotatable bonds is 5. The highest BCUT2D eigenvalue weighted by molar-refractivity contribution is 7.81. The molecule has 94 valence electrons. The fourth-order valence-corrected chi connectivity index (χ4v) is 1.68. The molecular formula is C10H12O6S. The normalized spacial score (nSPS) is 11.2. The van der Waals surface area contributed by atoms with E-state index >= 15 is 0 Å². The molecule has 0 aliphatic heterocycles. The van der Waals surface area contributed by atoms with Crippen LogP contribution in [0.15, 0.2) is 18.2 Å². The van der Waals surface area contributed by atoms with E-state index < -0.39 is 16.4 Å². The summed E-state index contributed by atoms with van der Waals surface area (Å²) in [5, 5.41) is 8.55. The molecule has 0 saturated carbocycles. The van der Waals surface area contributed by atoms with Crippen molar-refractivity contribution in [3.63, 3.8) is 0 Å². The molecular weight excluding hydrogens is 248 g/mol. The molecule has 0 fully saturated rings. The van der Waals surface area contributed by atoms with E-state index in [0.29, 0.717) is 5.56 Å². The fourth-order valence-electron chi connectivity index (χ4n) is 1.33. The van der Waals surface area contributed by atoms with Crippen molar-refractivity contribution in [2.45, 2.75) is 19.8 Å². The Kier molecular flexibility index (Phi) is 4.08. The summed E-state index contributed by atoms with van der Waals surface area (Å²) < 4.78 is 33.8. The Labute approximate surface area is 98.8 Å². The van der Waals surface area contributed by atoms with Gasteiger partial charge in [0.2, 0.25) is 0 Å². The molecule has 0 aliphatic rings. The summed E-state index contributed by atoms with van der Waals surface area (Å²) >= 11 is 0. The van der Waals surface area contributed by atoms with Gasteiger partial charge >= 0.3 is 16.4 Å². The topological polar surface area (TPSA) is 101 Å². The minimum Gasteiger partial charge on any atom is -0.481 e. The minimum absolute atomic E-state index is 0.0431. The summed E-state index contributed by atoms with van der Waals surface area (Å²) in [5.74, 6) is -0.982. The van der Waals surface area contributed by atoms with Crippen LogP contribution in [0, 0.1) is 6.92 Å². The van der Waals surface area contributed by atoms with Gasteiger partial charge in [0.25, 0.3) is 0 Å². The van der Waals surface area contributed by atoms with Crippen LogP contribution in [0.5, 0.6) is 5.75 Å². The second-order valence-corrected chi connectivity index (χ2v) is 4.52. The standard InChI is InChI=1S/C10H12O6S/c1-7-2-4-9(16-17(13,14)15)6-8(7)3-5-10(11)12/h2,4,6H,3,5H2,1H3,(H,11,12)(H,13,14,15). The third-order valence-electron chi connectivity index (χ3n) is 2.13. The molecule has 0 aromatic heterocycles. The molecule has 0 saturated heterocycles. The average molecular weight is 260 g/mol. The zero-order chi connectivity index (χ0) is 13.1. The molecule has 6 nitrogen and oxygen atoms in total. The molecule has 1 rings (SSSR count). The van der Waals surface area contributed by atoms with Gasteiger partial charge in [-0.3, -0.25) is 9.35 Å². The molecule has 1 aromatic rings. The number of benzene rings is 1. The monoisotopic (exact) mass is 260 g/mol. The molecule has 7 heteroatoms. The van der Waals surface area contributed by atoms with E-state index in [0.717, 1.165) is 5.56 Å². The van der Waals surface area contributed by atoms with Gasteiger partial charge in [-0.05, 0) is 36.6 Å². The molecule has 0 unspecified atom stereocenters. The van der Waals surface area contributed by atoms with Gasteiger partial charge in [0.1, 0.15) is 5.75 Å². The zero-order valence-corrected chi connectivity index (χ0v) is 9.90. The molecule has 0 spiro atoms. The van der Waals surface area contributed by atoms with Crippen molar-refractivity contribution in [3.8, 4) is 5.75 Å². The van der Waals surface area contributed by atoms with E-state index in [9.17, 15) is 13.2 Å². The lowest BCUT2D eigenvalue weighted by molar-refractivity contribution is -0.136. The molecule has 0 heterocycles. The molecule has 1 aromatic carbocycles. The first-order chi connectivity index (χ1) is 7.78. The highest BCUT2D eigenvalue weighted by Gasteiger charge is 2.09. The Morgan fingerprint density at radius 3 is 2.59 bits per heavy atom. The van der Waals surface area contributed by atoms with Crippen LogP contribution in [0.25, 0.3) is 0 Å². The number of aliphatic carboxylic acids is 1. The Morgan fingerprint density at radius 1 is 1.41 bits per heavy atom. The van der Waals surface area contributed by atoms with E-state index in [1.807, 2.05) is 0 Å². The molecule has 17 heavy (non-hydrogen) atoms. The average Bonchev–Trinajstić information content (AvgIpc) is 2.16. The maximum atomic E-state index is 10.5. The quantitative estimate of drug-likeness (QED) is 0.771. The second-order valence-electron chi connectivity index (χ2n) is 3.49. The minimum atomic E-state index is -4.55. The number of carbonyl (C=O) groups is 1. The van der Waals surface area contributed by atoms with Crippen LogP contribution in [0.2, 0.25) is 0 Å². The third kappa shape index (κ3) is 4.83. The fraction of sp³-hybridized carbons (Fsp3) is 0.300. The van der Waals surface area contributed by atoms with Crippen LogP contribution in [-0.4, -0.2) is 24.0 Å². The van der Waals surface area contributed by atoms with E-state index in [2.05, 4.69) is 4.18 Å². The highest BCUT2D eigenvalue weighted by Crippen LogP contribution is 2.19. The molecule has 2 N–H and O–H groups in total. The smallest absolute Gasteiger partial charge is 0.446 e. The van der Waals surface area contributed by atoms with Gasteiger partial charge in [-0.2, -0.15) is 8.42 Å². The van der Waals surface area contributed by atoms with E-state index in [4.69, 9.17) is 9.66 Å². The van der Waals surface area contributed by atoms with Crippen LogP contribution >= 0.6 is 0 Å². The summed E-state index contributed by atoms with van der Waals surface area (Å²) in [6.45, 7) is 1.77. The highest BCUT2D eigenvalue weighted by atomic mass is 32.3. The number of aryl methyl sites for hydroxylation is 2. The van der Waals surface area contributed by atoms with Crippen molar-refractivity contribution in [2.75, 3.05) is 0 Å². The summed E-state index contributed by atoms with van der Waals surface area (Å²) in [6.07, 6.45) is 0.208. The Balaban J connectivity index is 2.90. The van der Waals surface area contributed by atoms with Gasteiger partial charge in [-0.25, -0.2) is 0 Å². The number of carboxylic acids is 1. The first-order valence-corrected chi connectivity index (χ1v) is 6.12. The maximum absolute atomic E-state index is 10.5. The predicted octanol–water partition coefficient (Wildman–Crippen LogP) is 1.19. The third-order valence-corrected chi connectivity index (χ3v) is 2.53. The molecule has 0 amide bonds. The van der Waals surface area contributed by atoms with Crippen LogP contribution < -0.4 is 4.18 Å². The first kappa shape index (κ1) is 13.5. The van der Waals surface area contributed by atoms with Crippen molar-refractivity contribution in [1.29, 1.82) is 0 Å². The van der Waals surface area contributed by atoms with E-state index in [-0.39, 0.29) is 18.6 Å². The van der Waals surface area contributed by atoms with Crippen LogP contribution in [0.4, 0.5) is 0 Å². The van der Waals surface area contributed by atoms with E-state index in [1.54, 1.807) is 13.0 Å². The van der Waals surface area contributed by atoms with Crippen molar-refractivity contribution in [3.05, 3.63) is 29.3 Å². The van der Waals surface area contributed by atoms with Crippen molar-refractivity contribution in [2.24, 2.45) is 0 Å². The van der Waals surface area contributed by atoms with Crippen molar-refractivity contribution in [1.82, 2.24) is 0 Å². The van der Waals surface area contributed by atoms with Crippen LogP contribution in [-0.2, 0) is 21.6 Å². The Hall–Kier alpha value is -1.60. The summed E-state index contributed by atoms with van der Waals surface area (Å²) in [6, 6.07) is 4.37. The number of hydrogen-bond acceptors (Lipinski definition) is 4. The van der Waals surface area contributed by atoms with Crippen molar-refractivity contribution >= 4 is 16.4 Å². The largest absolute Gasteiger partial charge is 0.481 e. The summed E-state index contributed by atoms with van der Waals surface area (Å²) in [5.41, 5.74) is 1.49. The maximum Gasteiger partial charge on any atom is 0.446 e. The van der Waals surface area contributed by atoms with Gasteiger partial charge in [-0.1, -0.05) is 6.07 Å². The first-order valence-electron chi connectivity index (χ1n) is 4.76. The van der Waals surface area contributed by atoms with Crippen molar-refractivity contribution < 1.29 is 27.1 Å². The van der Waals surface area contributed by atoms with Gasteiger partial charge in [0.15, 0.2) is 0 Å². The number of hydrogen-bond donors (Lipinski definition) is 2.